The van der Waals surface area contributed by atoms with Crippen LogP contribution in [0, 0.1) is 11.3 Å². The Balaban J connectivity index is 2.12. The lowest BCUT2D eigenvalue weighted by Crippen LogP contribution is -2.34. The number of nitrogens with two attached hydrogens (primary N) is 1. The van der Waals surface area contributed by atoms with Crippen molar-refractivity contribution in [3.05, 3.63) is 42.2 Å². The number of rotatable bonds is 6. The monoisotopic (exact) mass is 284 g/mol. The molecule has 7 heteroatoms. The molecule has 2 aromatic rings. The molecule has 0 saturated carbocycles. The van der Waals surface area contributed by atoms with Crippen LogP contribution < -0.4 is 10.6 Å². The van der Waals surface area contributed by atoms with Gasteiger partial charge in [0.25, 0.3) is 0 Å². The first-order valence-corrected chi connectivity index (χ1v) is 6.56. The highest BCUT2D eigenvalue weighted by molar-refractivity contribution is 5.93. The van der Waals surface area contributed by atoms with Crippen LogP contribution >= 0.6 is 0 Å². The van der Waals surface area contributed by atoms with Gasteiger partial charge in [-0.3, -0.25) is 4.79 Å². The van der Waals surface area contributed by atoms with Crippen molar-refractivity contribution in [2.45, 2.75) is 19.5 Å². The van der Waals surface area contributed by atoms with Crippen molar-refractivity contribution in [2.24, 2.45) is 5.73 Å². The molecule has 0 fully saturated rings. The number of nitrogens with zero attached hydrogens (tertiary/aromatic N) is 5. The lowest BCUT2D eigenvalue weighted by molar-refractivity contribution is -0.119. The molecule has 0 aliphatic rings. The molecule has 2 N–H and O–H groups in total. The van der Waals surface area contributed by atoms with Gasteiger partial charge in [0.15, 0.2) is 0 Å². The topological polar surface area (TPSA) is 101 Å². The zero-order valence-corrected chi connectivity index (χ0v) is 11.5. The molecule has 0 radical (unpaired) electrons. The van der Waals surface area contributed by atoms with E-state index < -0.39 is 0 Å². The van der Waals surface area contributed by atoms with Gasteiger partial charge in [-0.2, -0.15) is 5.26 Å². The molecular formula is C14H16N6O. The molecular weight excluding hydrogens is 268 g/mol. The van der Waals surface area contributed by atoms with Gasteiger partial charge in [0.05, 0.1) is 24.4 Å². The molecule has 0 bridgehead atoms. The largest absolute Gasteiger partial charge is 0.325 e. The Bertz CT molecular complexity index is 630. The van der Waals surface area contributed by atoms with Crippen LogP contribution in [0.3, 0.4) is 0 Å². The van der Waals surface area contributed by atoms with E-state index >= 15 is 0 Å². The van der Waals surface area contributed by atoms with E-state index in [4.69, 9.17) is 11.0 Å². The van der Waals surface area contributed by atoms with Gasteiger partial charge in [0.1, 0.15) is 6.54 Å². The number of hydrogen-bond acceptors (Lipinski definition) is 5. The van der Waals surface area contributed by atoms with E-state index in [2.05, 4.69) is 16.4 Å². The summed E-state index contributed by atoms with van der Waals surface area (Å²) in [5.74, 6) is -0.148. The first-order chi connectivity index (χ1) is 10.2. The summed E-state index contributed by atoms with van der Waals surface area (Å²) in [4.78, 5) is 14.0. The van der Waals surface area contributed by atoms with Crippen molar-refractivity contribution in [3.63, 3.8) is 0 Å². The van der Waals surface area contributed by atoms with Crippen molar-refractivity contribution in [1.82, 2.24) is 15.0 Å². The second kappa shape index (κ2) is 7.17. The van der Waals surface area contributed by atoms with E-state index in [9.17, 15) is 4.79 Å². The maximum absolute atomic E-state index is 12.4. The molecule has 1 aromatic heterocycles. The summed E-state index contributed by atoms with van der Waals surface area (Å²) in [7, 11) is 0. The summed E-state index contributed by atoms with van der Waals surface area (Å²) in [6, 6.07) is 11.3. The van der Waals surface area contributed by atoms with Gasteiger partial charge in [-0.05, 0) is 12.1 Å². The van der Waals surface area contributed by atoms with E-state index in [1.54, 1.807) is 11.1 Å². The fraction of sp³-hybridized carbons (Fsp3) is 0.286. The normalized spacial score (nSPS) is 10.1. The highest BCUT2D eigenvalue weighted by Crippen LogP contribution is 2.14. The smallest absolute Gasteiger partial charge is 0.248 e. The van der Waals surface area contributed by atoms with Crippen molar-refractivity contribution in [2.75, 3.05) is 11.4 Å². The lowest BCUT2D eigenvalue weighted by Gasteiger charge is -2.21. The third-order valence-corrected chi connectivity index (χ3v) is 2.91. The molecule has 0 aliphatic heterocycles. The molecule has 0 aliphatic carbocycles. The number of amides is 1. The summed E-state index contributed by atoms with van der Waals surface area (Å²) < 4.78 is 1.45. The second-order valence-corrected chi connectivity index (χ2v) is 4.40. The molecule has 1 heterocycles. The molecule has 1 aromatic carbocycles. The Morgan fingerprint density at radius 2 is 2.14 bits per heavy atom. The van der Waals surface area contributed by atoms with Crippen LogP contribution in [0.4, 0.5) is 5.69 Å². The second-order valence-electron chi connectivity index (χ2n) is 4.40. The maximum Gasteiger partial charge on any atom is 0.248 e. The summed E-state index contributed by atoms with van der Waals surface area (Å²) >= 11 is 0. The first-order valence-electron chi connectivity index (χ1n) is 6.56. The van der Waals surface area contributed by atoms with E-state index in [0.717, 1.165) is 5.69 Å². The molecule has 0 saturated heterocycles. The van der Waals surface area contributed by atoms with Crippen LogP contribution in [0.2, 0.25) is 0 Å². The molecule has 0 spiro atoms. The average Bonchev–Trinajstić information content (AvgIpc) is 2.96. The minimum Gasteiger partial charge on any atom is -0.325 e. The fourth-order valence-electron chi connectivity index (χ4n) is 1.90. The lowest BCUT2D eigenvalue weighted by atomic mass is 10.2. The zero-order chi connectivity index (χ0) is 15.1. The van der Waals surface area contributed by atoms with Crippen LogP contribution in [-0.4, -0.2) is 27.4 Å². The third-order valence-electron chi connectivity index (χ3n) is 2.91. The quantitative estimate of drug-likeness (QED) is 0.840. The van der Waals surface area contributed by atoms with Gasteiger partial charge in [-0.15, -0.1) is 5.10 Å². The predicted molar refractivity (Wildman–Crippen MR) is 76.9 cm³/mol. The Morgan fingerprint density at radius 3 is 2.76 bits per heavy atom. The predicted octanol–water partition coefficient (Wildman–Crippen LogP) is 0.684. The summed E-state index contributed by atoms with van der Waals surface area (Å²) in [5.41, 5.74) is 6.85. The molecule has 7 nitrogen and oxygen atoms in total. The van der Waals surface area contributed by atoms with E-state index in [0.29, 0.717) is 12.2 Å². The van der Waals surface area contributed by atoms with Gasteiger partial charge in [-0.25, -0.2) is 4.68 Å². The Kier molecular flexibility index (Phi) is 5.01. The minimum absolute atomic E-state index is 0.0628. The molecule has 2 rings (SSSR count). The van der Waals surface area contributed by atoms with E-state index in [1.165, 1.54) is 4.68 Å². The Hall–Kier alpha value is -2.72. The van der Waals surface area contributed by atoms with Crippen molar-refractivity contribution in [3.8, 4) is 6.07 Å². The number of carbonyl (C=O) groups excluding carboxylic acids is 1. The van der Waals surface area contributed by atoms with Crippen LogP contribution in [0.5, 0.6) is 0 Å². The van der Waals surface area contributed by atoms with Crippen LogP contribution in [0.25, 0.3) is 0 Å². The highest BCUT2D eigenvalue weighted by atomic mass is 16.2. The average molecular weight is 284 g/mol. The van der Waals surface area contributed by atoms with Crippen molar-refractivity contribution < 1.29 is 4.79 Å². The summed E-state index contributed by atoms with van der Waals surface area (Å²) in [6.45, 7) is 0.691. The molecule has 21 heavy (non-hydrogen) atoms. The summed E-state index contributed by atoms with van der Waals surface area (Å²) in [5, 5.41) is 16.4. The molecule has 108 valence electrons. The molecule has 1 amide bonds. The van der Waals surface area contributed by atoms with Crippen molar-refractivity contribution in [1.29, 1.82) is 5.26 Å². The number of aromatic nitrogens is 3. The molecule has 0 unspecified atom stereocenters. The standard InChI is InChI=1S/C14H16N6O/c15-7-4-8-20(13-5-2-1-3-6-13)14(21)11-19-10-12(9-16)17-18-19/h1-3,5-6,10H,4,8-9,11,16H2. The first kappa shape index (κ1) is 14.7. The van der Waals surface area contributed by atoms with Crippen LogP contribution in [0.1, 0.15) is 12.1 Å². The SMILES string of the molecule is N#CCCN(C(=O)Cn1cc(CN)nn1)c1ccccc1. The number of carbonyl (C=O) groups is 1. The fourth-order valence-corrected chi connectivity index (χ4v) is 1.90. The Labute approximate surface area is 122 Å². The number of benzene rings is 1. The van der Waals surface area contributed by atoms with Gasteiger partial charge < -0.3 is 10.6 Å². The number of anilines is 1. The maximum atomic E-state index is 12.4. The third kappa shape index (κ3) is 3.87. The van der Waals surface area contributed by atoms with Crippen LogP contribution in [0.15, 0.2) is 36.5 Å². The number of para-hydroxylation sites is 1. The Morgan fingerprint density at radius 1 is 1.38 bits per heavy atom. The summed E-state index contributed by atoms with van der Waals surface area (Å²) in [6.07, 6.45) is 1.91. The van der Waals surface area contributed by atoms with E-state index in [1.807, 2.05) is 30.3 Å². The van der Waals surface area contributed by atoms with Crippen molar-refractivity contribution >= 4 is 11.6 Å². The van der Waals surface area contributed by atoms with Gasteiger partial charge in [-0.1, -0.05) is 23.4 Å². The highest BCUT2D eigenvalue weighted by Gasteiger charge is 2.16. The van der Waals surface area contributed by atoms with Gasteiger partial charge >= 0.3 is 0 Å². The van der Waals surface area contributed by atoms with Crippen LogP contribution in [-0.2, 0) is 17.9 Å². The minimum atomic E-state index is -0.148. The molecule has 0 atom stereocenters. The number of hydrogen-bond donors (Lipinski definition) is 1. The van der Waals surface area contributed by atoms with Gasteiger partial charge in [0, 0.05) is 18.8 Å². The number of nitriles is 1. The van der Waals surface area contributed by atoms with E-state index in [-0.39, 0.29) is 25.4 Å². The van der Waals surface area contributed by atoms with Gasteiger partial charge in [0.2, 0.25) is 5.91 Å². The zero-order valence-electron chi connectivity index (χ0n) is 11.5.